The smallest absolute Gasteiger partial charge is 0.336 e. The van der Waals surface area contributed by atoms with Crippen LogP contribution in [0.25, 0.3) is 0 Å². The predicted octanol–water partition coefficient (Wildman–Crippen LogP) is 1.44. The highest BCUT2D eigenvalue weighted by Gasteiger charge is 2.42. The summed E-state index contributed by atoms with van der Waals surface area (Å²) in [6, 6.07) is 0. The van der Waals surface area contributed by atoms with E-state index >= 15 is 0 Å². The summed E-state index contributed by atoms with van der Waals surface area (Å²) >= 11 is 0. The van der Waals surface area contributed by atoms with E-state index in [1.807, 2.05) is 0 Å². The summed E-state index contributed by atoms with van der Waals surface area (Å²) in [5.74, 6) is -9.95. The first-order chi connectivity index (χ1) is 17.7. The number of carbonyl (C=O) groups is 6. The second-order valence-corrected chi connectivity index (χ2v) is 5.61. The van der Waals surface area contributed by atoms with Gasteiger partial charge in [-0.15, -0.1) is 65.8 Å². The molecule has 0 heterocycles. The van der Waals surface area contributed by atoms with Crippen LogP contribution in [0.2, 0.25) is 0 Å². The lowest BCUT2D eigenvalue weighted by Gasteiger charge is -2.21. The molecule has 0 aromatic rings. The van der Waals surface area contributed by atoms with Gasteiger partial charge < -0.3 is 40.1 Å². The number of hydrogen-bond acceptors (Lipinski definition) is 10. The Hall–Kier alpha value is -4.56. The molecule has 0 aliphatic heterocycles. The highest BCUT2D eigenvalue weighted by molar-refractivity contribution is 5.89. The number of esters is 2. The fourth-order valence-corrected chi connectivity index (χ4v) is 1.82. The lowest BCUT2D eigenvalue weighted by atomic mass is 9.96. The van der Waals surface area contributed by atoms with E-state index in [4.69, 9.17) is 20.4 Å². The molecule has 2 atom stereocenters. The summed E-state index contributed by atoms with van der Waals surface area (Å²) in [7, 11) is 0. The van der Waals surface area contributed by atoms with Crippen molar-refractivity contribution in [3.05, 3.63) is 65.8 Å². The zero-order valence-electron chi connectivity index (χ0n) is 21.3. The summed E-state index contributed by atoms with van der Waals surface area (Å²) in [6.07, 6.45) is -4.96. The Labute approximate surface area is 221 Å². The number of carbonyl (C=O) groups excluding carboxylic acids is 2. The molecule has 0 saturated carbocycles. The van der Waals surface area contributed by atoms with Gasteiger partial charge in [0.05, 0.1) is 25.7 Å². The topological polar surface area (TPSA) is 242 Å². The Morgan fingerprint density at radius 1 is 0.474 bits per heavy atom. The van der Waals surface area contributed by atoms with Crippen molar-refractivity contribution in [3.8, 4) is 0 Å². The molecular formula is C24H38O14. The molecule has 0 aliphatic rings. The van der Waals surface area contributed by atoms with Crippen molar-refractivity contribution in [2.45, 2.75) is 36.9 Å². The zero-order valence-corrected chi connectivity index (χ0v) is 21.3. The Morgan fingerprint density at radius 3 is 0.842 bits per heavy atom. The van der Waals surface area contributed by atoms with Crippen LogP contribution >= 0.6 is 0 Å². The maximum Gasteiger partial charge on any atom is 0.336 e. The molecule has 14 heteroatoms. The molecular weight excluding hydrogens is 512 g/mol. The largest absolute Gasteiger partial charge is 0.481 e. The maximum absolute atomic E-state index is 11.5. The molecule has 218 valence electrons. The van der Waals surface area contributed by atoms with Gasteiger partial charge in [-0.05, 0) is 0 Å². The van der Waals surface area contributed by atoms with Gasteiger partial charge in [-0.25, -0.2) is 9.59 Å². The van der Waals surface area contributed by atoms with Crippen LogP contribution in [0.5, 0.6) is 0 Å². The van der Waals surface area contributed by atoms with Crippen molar-refractivity contribution >= 4 is 35.8 Å². The Kier molecular flexibility index (Phi) is 35.3. The molecule has 0 spiro atoms. The third-order valence-electron chi connectivity index (χ3n) is 3.17. The van der Waals surface area contributed by atoms with Crippen LogP contribution in [0.3, 0.4) is 0 Å². The predicted molar refractivity (Wildman–Crippen MR) is 137 cm³/mol. The van der Waals surface area contributed by atoms with Crippen LogP contribution in [0.4, 0.5) is 0 Å². The van der Waals surface area contributed by atoms with Crippen molar-refractivity contribution in [1.29, 1.82) is 0 Å². The number of aliphatic hydroxyl groups is 2. The van der Waals surface area contributed by atoms with Gasteiger partial charge in [0.25, 0.3) is 0 Å². The van der Waals surface area contributed by atoms with Crippen LogP contribution in [0, 0.1) is 0 Å². The van der Waals surface area contributed by atoms with E-state index in [0.717, 1.165) is 0 Å². The second-order valence-electron chi connectivity index (χ2n) is 5.61. The lowest BCUT2D eigenvalue weighted by Crippen LogP contribution is -2.43. The average molecular weight is 551 g/mol. The molecule has 0 rings (SSSR count). The first kappa shape index (κ1) is 46.7. The third-order valence-corrected chi connectivity index (χ3v) is 3.17. The van der Waals surface area contributed by atoms with Gasteiger partial charge in [0.15, 0.2) is 11.2 Å². The molecule has 0 aromatic carbocycles. The maximum atomic E-state index is 11.5. The number of carboxylic acids is 4. The monoisotopic (exact) mass is 550 g/mol. The SMILES string of the molecule is C=C.C=C.C=C.C=C.C=C.O=C(O)CC(O)(CC(=O)OCCOC(=O)CC(O)(CC(=O)O)C(=O)O)C(=O)O. The second kappa shape index (κ2) is 28.7. The minimum absolute atomic E-state index is 0.669. The van der Waals surface area contributed by atoms with E-state index in [2.05, 4.69) is 75.3 Å². The van der Waals surface area contributed by atoms with E-state index in [1.165, 1.54) is 0 Å². The number of rotatable bonds is 13. The molecule has 0 aliphatic carbocycles. The van der Waals surface area contributed by atoms with Gasteiger partial charge in [-0.1, -0.05) is 0 Å². The van der Waals surface area contributed by atoms with Crippen molar-refractivity contribution in [2.75, 3.05) is 13.2 Å². The highest BCUT2D eigenvalue weighted by atomic mass is 16.6. The van der Waals surface area contributed by atoms with Crippen LogP contribution in [0.15, 0.2) is 65.8 Å². The molecule has 38 heavy (non-hydrogen) atoms. The quantitative estimate of drug-likeness (QED) is 0.108. The molecule has 2 unspecified atom stereocenters. The number of ether oxygens (including phenoxy) is 2. The van der Waals surface area contributed by atoms with Gasteiger partial charge in [0.2, 0.25) is 0 Å². The van der Waals surface area contributed by atoms with Crippen molar-refractivity contribution in [1.82, 2.24) is 0 Å². The van der Waals surface area contributed by atoms with Crippen LogP contribution in [-0.4, -0.2) is 90.9 Å². The number of hydrogen-bond donors (Lipinski definition) is 6. The zero-order chi connectivity index (χ0) is 32.1. The first-order valence-corrected chi connectivity index (χ1v) is 9.88. The molecule has 0 saturated heterocycles. The fraction of sp³-hybridized carbons (Fsp3) is 0.333. The average Bonchev–Trinajstić information content (AvgIpc) is 2.86. The van der Waals surface area contributed by atoms with Crippen molar-refractivity contribution in [2.24, 2.45) is 0 Å². The third kappa shape index (κ3) is 24.6. The van der Waals surface area contributed by atoms with Gasteiger partial charge in [0, 0.05) is 0 Å². The standard InChI is InChI=1S/C14H18O14.5C2H4/c15-7(16)3-13(25,11(21)22)5-9(19)27-1-2-28-10(20)6-14(26,12(23)24)4-8(17)18;5*1-2/h25-26H,1-6H2,(H,15,16)(H,17,18)(H,21,22)(H,23,24);5*1-2H2. The minimum Gasteiger partial charge on any atom is -0.481 e. The van der Waals surface area contributed by atoms with Gasteiger partial charge in [-0.3, -0.25) is 19.2 Å². The summed E-state index contributed by atoms with van der Waals surface area (Å²) in [5, 5.41) is 53.9. The first-order valence-electron chi connectivity index (χ1n) is 9.88. The molecule has 14 nitrogen and oxygen atoms in total. The summed E-state index contributed by atoms with van der Waals surface area (Å²) in [4.78, 5) is 65.7. The summed E-state index contributed by atoms with van der Waals surface area (Å²) < 4.78 is 8.91. The molecule has 0 fully saturated rings. The van der Waals surface area contributed by atoms with Crippen molar-refractivity contribution in [3.63, 3.8) is 0 Å². The van der Waals surface area contributed by atoms with Gasteiger partial charge in [-0.2, -0.15) is 0 Å². The Morgan fingerprint density at radius 2 is 0.684 bits per heavy atom. The van der Waals surface area contributed by atoms with E-state index in [-0.39, 0.29) is 0 Å². The van der Waals surface area contributed by atoms with E-state index in [0.29, 0.717) is 0 Å². The van der Waals surface area contributed by atoms with Crippen LogP contribution in [0.1, 0.15) is 25.7 Å². The van der Waals surface area contributed by atoms with E-state index in [1.54, 1.807) is 0 Å². The molecule has 0 amide bonds. The van der Waals surface area contributed by atoms with Crippen LogP contribution < -0.4 is 0 Å². The summed E-state index contributed by atoms with van der Waals surface area (Å²) in [6.45, 7) is 28.7. The Balaban J connectivity index is -0.000000227. The summed E-state index contributed by atoms with van der Waals surface area (Å²) in [5.41, 5.74) is -5.82. The fourth-order valence-electron chi connectivity index (χ4n) is 1.82. The van der Waals surface area contributed by atoms with E-state index in [9.17, 15) is 39.0 Å². The molecule has 6 N–H and O–H groups in total. The Bertz CT molecular complexity index is 668. The van der Waals surface area contributed by atoms with Crippen molar-refractivity contribution < 1.29 is 68.9 Å². The molecule has 0 radical (unpaired) electrons. The minimum atomic E-state index is -2.91. The van der Waals surface area contributed by atoms with E-state index < -0.39 is 85.9 Å². The lowest BCUT2D eigenvalue weighted by molar-refractivity contribution is -0.174. The molecule has 0 bridgehead atoms. The van der Waals surface area contributed by atoms with Gasteiger partial charge >= 0.3 is 35.8 Å². The van der Waals surface area contributed by atoms with Gasteiger partial charge in [0.1, 0.15) is 13.2 Å². The number of aliphatic carboxylic acids is 4. The molecule has 0 aromatic heterocycles. The highest BCUT2D eigenvalue weighted by Crippen LogP contribution is 2.18. The van der Waals surface area contributed by atoms with Crippen LogP contribution in [-0.2, 0) is 38.2 Å². The normalized spacial score (nSPS) is 11.4. The number of carboxylic acid groups (broad SMARTS) is 4.